The lowest BCUT2D eigenvalue weighted by molar-refractivity contribution is 0.104. The van der Waals surface area contributed by atoms with Gasteiger partial charge >= 0.3 is 10.1 Å². The van der Waals surface area contributed by atoms with Gasteiger partial charge in [-0.25, -0.2) is 4.39 Å². The van der Waals surface area contributed by atoms with Gasteiger partial charge in [-0.05, 0) is 72.3 Å². The number of carbonyl (C=O) groups is 1. The molecule has 3 rings (SSSR count). The summed E-state index contributed by atoms with van der Waals surface area (Å²) in [5.41, 5.74) is 1.15. The molecular weight excluding hydrogens is 403 g/mol. The van der Waals surface area contributed by atoms with Crippen molar-refractivity contribution in [3.8, 4) is 5.75 Å². The third-order valence-electron chi connectivity index (χ3n) is 3.72. The van der Waals surface area contributed by atoms with Crippen LogP contribution in [0.4, 0.5) is 4.39 Å². The molecule has 0 radical (unpaired) electrons. The van der Waals surface area contributed by atoms with Crippen LogP contribution in [-0.4, -0.2) is 14.2 Å². The third kappa shape index (κ3) is 5.06. The predicted octanol–water partition coefficient (Wildman–Crippen LogP) is 5.14. The molecule has 0 aliphatic heterocycles. The Morgan fingerprint density at radius 2 is 1.64 bits per heavy atom. The SMILES string of the molecule is O=C(/C=C\c1cccc(Cl)c1)c1ccc(OS(=O)(=O)c2ccc(F)cc2)cc1. The fourth-order valence-corrected chi connectivity index (χ4v) is 3.46. The summed E-state index contributed by atoms with van der Waals surface area (Å²) in [6, 6.07) is 17.0. The normalized spacial score (nSPS) is 11.5. The maximum Gasteiger partial charge on any atom is 0.339 e. The van der Waals surface area contributed by atoms with Gasteiger partial charge in [-0.2, -0.15) is 8.42 Å². The number of hydrogen-bond donors (Lipinski definition) is 0. The van der Waals surface area contributed by atoms with E-state index in [2.05, 4.69) is 0 Å². The minimum atomic E-state index is -4.09. The van der Waals surface area contributed by atoms with Gasteiger partial charge in [0.25, 0.3) is 0 Å². The van der Waals surface area contributed by atoms with Crippen LogP contribution < -0.4 is 4.18 Å². The average Bonchev–Trinajstić information content (AvgIpc) is 2.67. The van der Waals surface area contributed by atoms with Crippen LogP contribution >= 0.6 is 11.6 Å². The van der Waals surface area contributed by atoms with Crippen LogP contribution in [0.15, 0.2) is 83.8 Å². The van der Waals surface area contributed by atoms with Crippen LogP contribution in [0.5, 0.6) is 5.75 Å². The van der Waals surface area contributed by atoms with E-state index in [1.54, 1.807) is 24.3 Å². The number of carbonyl (C=O) groups excluding carboxylic acids is 1. The highest BCUT2D eigenvalue weighted by Crippen LogP contribution is 2.20. The molecule has 0 aliphatic rings. The lowest BCUT2D eigenvalue weighted by Crippen LogP contribution is -2.09. The highest BCUT2D eigenvalue weighted by atomic mass is 35.5. The Hall–Kier alpha value is -2.96. The summed E-state index contributed by atoms with van der Waals surface area (Å²) in [5.74, 6) is -0.764. The summed E-state index contributed by atoms with van der Waals surface area (Å²) < 4.78 is 42.3. The van der Waals surface area contributed by atoms with E-state index in [4.69, 9.17) is 15.8 Å². The molecule has 28 heavy (non-hydrogen) atoms. The summed E-state index contributed by atoms with van der Waals surface area (Å²) in [6.07, 6.45) is 3.04. The molecule has 0 aromatic heterocycles. The van der Waals surface area contributed by atoms with Crippen molar-refractivity contribution in [1.29, 1.82) is 0 Å². The Morgan fingerprint density at radius 1 is 0.964 bits per heavy atom. The first kappa shape index (κ1) is 19.8. The number of benzene rings is 3. The standard InChI is InChI=1S/C21H14ClFO4S/c22-17-3-1-2-15(14-17)4-13-21(24)16-5-9-19(10-6-16)27-28(25,26)20-11-7-18(23)8-12-20/h1-14H/b13-4-. The molecular formula is C21H14ClFO4S. The van der Waals surface area contributed by atoms with E-state index in [9.17, 15) is 17.6 Å². The van der Waals surface area contributed by atoms with Gasteiger partial charge in [-0.3, -0.25) is 4.79 Å². The zero-order chi connectivity index (χ0) is 20.1. The number of halogens is 2. The van der Waals surface area contributed by atoms with Crippen molar-refractivity contribution in [2.24, 2.45) is 0 Å². The van der Waals surface area contributed by atoms with Gasteiger partial charge in [0.1, 0.15) is 16.5 Å². The molecule has 0 spiro atoms. The lowest BCUT2D eigenvalue weighted by atomic mass is 10.1. The summed E-state index contributed by atoms with van der Waals surface area (Å²) in [5, 5.41) is 0.568. The van der Waals surface area contributed by atoms with Crippen LogP contribution in [0, 0.1) is 5.82 Å². The van der Waals surface area contributed by atoms with Crippen molar-refractivity contribution in [2.45, 2.75) is 4.90 Å². The molecule has 3 aromatic rings. The minimum Gasteiger partial charge on any atom is -0.379 e. The zero-order valence-electron chi connectivity index (χ0n) is 14.4. The van der Waals surface area contributed by atoms with Crippen LogP contribution in [0.3, 0.4) is 0 Å². The summed E-state index contributed by atoms with van der Waals surface area (Å²) >= 11 is 5.90. The van der Waals surface area contributed by atoms with Gasteiger partial charge in [-0.1, -0.05) is 29.8 Å². The van der Waals surface area contributed by atoms with Gasteiger partial charge in [0.2, 0.25) is 0 Å². The first-order chi connectivity index (χ1) is 13.3. The van der Waals surface area contributed by atoms with Crippen molar-refractivity contribution in [2.75, 3.05) is 0 Å². The smallest absolute Gasteiger partial charge is 0.339 e. The van der Waals surface area contributed by atoms with Gasteiger partial charge in [-0.15, -0.1) is 0 Å². The van der Waals surface area contributed by atoms with Crippen molar-refractivity contribution in [1.82, 2.24) is 0 Å². The Bertz CT molecular complexity index is 1120. The van der Waals surface area contributed by atoms with Crippen LogP contribution in [-0.2, 0) is 10.1 Å². The Balaban J connectivity index is 1.70. The second kappa shape index (κ2) is 8.37. The van der Waals surface area contributed by atoms with E-state index in [0.29, 0.717) is 10.6 Å². The highest BCUT2D eigenvalue weighted by molar-refractivity contribution is 7.87. The van der Waals surface area contributed by atoms with Crippen LogP contribution in [0.1, 0.15) is 15.9 Å². The fraction of sp³-hybridized carbons (Fsp3) is 0. The van der Waals surface area contributed by atoms with Crippen molar-refractivity contribution >= 4 is 33.6 Å². The Labute approximate surface area is 167 Å². The maximum absolute atomic E-state index is 12.9. The predicted molar refractivity (Wildman–Crippen MR) is 105 cm³/mol. The number of ketones is 1. The van der Waals surface area contributed by atoms with E-state index >= 15 is 0 Å². The molecule has 0 aliphatic carbocycles. The summed E-state index contributed by atoms with van der Waals surface area (Å²) in [4.78, 5) is 12.1. The number of allylic oxidation sites excluding steroid dienone is 1. The van der Waals surface area contributed by atoms with Crippen LogP contribution in [0.25, 0.3) is 6.08 Å². The molecule has 0 unspecified atom stereocenters. The van der Waals surface area contributed by atoms with Crippen molar-refractivity contribution in [3.63, 3.8) is 0 Å². The largest absolute Gasteiger partial charge is 0.379 e. The molecule has 0 bridgehead atoms. The monoisotopic (exact) mass is 416 g/mol. The molecule has 0 fully saturated rings. The number of hydrogen-bond acceptors (Lipinski definition) is 4. The molecule has 3 aromatic carbocycles. The van der Waals surface area contributed by atoms with Gasteiger partial charge in [0.05, 0.1) is 0 Å². The zero-order valence-corrected chi connectivity index (χ0v) is 16.0. The maximum atomic E-state index is 12.9. The second-order valence-corrected chi connectivity index (χ2v) is 7.75. The van der Waals surface area contributed by atoms with E-state index < -0.39 is 15.9 Å². The third-order valence-corrected chi connectivity index (χ3v) is 5.22. The molecule has 7 heteroatoms. The number of rotatable bonds is 6. The Morgan fingerprint density at radius 3 is 2.29 bits per heavy atom. The van der Waals surface area contributed by atoms with E-state index in [-0.39, 0.29) is 16.4 Å². The molecule has 0 atom stereocenters. The van der Waals surface area contributed by atoms with E-state index in [1.807, 2.05) is 6.07 Å². The lowest BCUT2D eigenvalue weighted by Gasteiger charge is -2.07. The van der Waals surface area contributed by atoms with E-state index in [1.165, 1.54) is 30.3 Å². The van der Waals surface area contributed by atoms with Gasteiger partial charge in [0, 0.05) is 10.6 Å². The molecule has 4 nitrogen and oxygen atoms in total. The van der Waals surface area contributed by atoms with E-state index in [0.717, 1.165) is 29.8 Å². The highest BCUT2D eigenvalue weighted by Gasteiger charge is 2.16. The summed E-state index contributed by atoms with van der Waals surface area (Å²) in [6.45, 7) is 0. The van der Waals surface area contributed by atoms with Crippen molar-refractivity contribution in [3.05, 3.63) is 101 Å². The fourth-order valence-electron chi connectivity index (χ4n) is 2.33. The first-order valence-electron chi connectivity index (χ1n) is 8.12. The quantitative estimate of drug-likeness (QED) is 0.317. The minimum absolute atomic E-state index is 0.0414. The average molecular weight is 417 g/mol. The van der Waals surface area contributed by atoms with Gasteiger partial charge in [0.15, 0.2) is 5.78 Å². The Kier molecular flexibility index (Phi) is 5.92. The van der Waals surface area contributed by atoms with Crippen LogP contribution in [0.2, 0.25) is 5.02 Å². The molecule has 0 amide bonds. The second-order valence-electron chi connectivity index (χ2n) is 5.77. The topological polar surface area (TPSA) is 60.4 Å². The van der Waals surface area contributed by atoms with Gasteiger partial charge < -0.3 is 4.18 Å². The molecule has 0 saturated carbocycles. The molecule has 0 saturated heterocycles. The molecule has 142 valence electrons. The first-order valence-corrected chi connectivity index (χ1v) is 9.90. The van der Waals surface area contributed by atoms with Crippen molar-refractivity contribution < 1.29 is 21.8 Å². The molecule has 0 N–H and O–H groups in total. The molecule has 0 heterocycles. The summed E-state index contributed by atoms with van der Waals surface area (Å²) in [7, 11) is -4.09.